The number of phenols is 1. The van der Waals surface area contributed by atoms with Gasteiger partial charge in [0.1, 0.15) is 13.1 Å². The van der Waals surface area contributed by atoms with Crippen LogP contribution in [-0.2, 0) is 17.9 Å². The predicted octanol–water partition coefficient (Wildman–Crippen LogP) is 0.123. The van der Waals surface area contributed by atoms with Crippen LogP contribution < -0.4 is 14.5 Å². The number of benzene rings is 2. The summed E-state index contributed by atoms with van der Waals surface area (Å²) in [4.78, 5) is 18.2. The Labute approximate surface area is 185 Å². The van der Waals surface area contributed by atoms with Crippen LogP contribution in [0.4, 0.5) is 0 Å². The van der Waals surface area contributed by atoms with Gasteiger partial charge >= 0.3 is 0 Å². The second-order valence-electron chi connectivity index (χ2n) is 8.91. The van der Waals surface area contributed by atoms with Crippen molar-refractivity contribution in [3.63, 3.8) is 0 Å². The van der Waals surface area contributed by atoms with Gasteiger partial charge in [0.2, 0.25) is 5.91 Å². The fourth-order valence-electron chi connectivity index (χ4n) is 4.96. The predicted molar refractivity (Wildman–Crippen MR) is 119 cm³/mol. The Balaban J connectivity index is 1.23. The first kappa shape index (κ1) is 21.7. The standard InChI is InChI=1S/C25H33N3O3/c1-31-23-9-5-8-22(24(23)29)19-26-12-10-21(11-13-26)25(30)28-16-14-27(15-17-28)18-20-6-3-2-4-7-20/h2-9,21,29H,10-19H2,1H3/p+2. The Morgan fingerprint density at radius 2 is 1.65 bits per heavy atom. The highest BCUT2D eigenvalue weighted by atomic mass is 16.5. The molecule has 1 amide bonds. The van der Waals surface area contributed by atoms with Gasteiger partial charge in [0.25, 0.3) is 0 Å². The van der Waals surface area contributed by atoms with Crippen LogP contribution in [0, 0.1) is 5.92 Å². The second-order valence-corrected chi connectivity index (χ2v) is 8.91. The van der Waals surface area contributed by atoms with Gasteiger partial charge in [-0.15, -0.1) is 0 Å². The van der Waals surface area contributed by atoms with Crippen LogP contribution in [-0.4, -0.2) is 62.3 Å². The maximum atomic E-state index is 13.1. The number of phenolic OH excluding ortho intramolecular Hbond substituents is 1. The first-order valence-corrected chi connectivity index (χ1v) is 11.5. The summed E-state index contributed by atoms with van der Waals surface area (Å²) in [6, 6.07) is 16.3. The summed E-state index contributed by atoms with van der Waals surface area (Å²) in [5.74, 6) is 1.27. The molecule has 0 saturated carbocycles. The number of para-hydroxylation sites is 1. The molecule has 31 heavy (non-hydrogen) atoms. The number of nitrogens with zero attached hydrogens (tertiary/aromatic N) is 1. The molecule has 2 aliphatic heterocycles. The normalized spacial score (nSPS) is 22.3. The first-order valence-electron chi connectivity index (χ1n) is 11.5. The molecule has 2 saturated heterocycles. The van der Waals surface area contributed by atoms with Gasteiger partial charge in [0, 0.05) is 24.3 Å². The van der Waals surface area contributed by atoms with Crippen molar-refractivity contribution in [2.45, 2.75) is 25.9 Å². The van der Waals surface area contributed by atoms with Crippen molar-refractivity contribution in [1.29, 1.82) is 0 Å². The number of carbonyl (C=O) groups excluding carboxylic acids is 1. The van der Waals surface area contributed by atoms with E-state index >= 15 is 0 Å². The van der Waals surface area contributed by atoms with Crippen LogP contribution in [0.2, 0.25) is 0 Å². The topological polar surface area (TPSA) is 58.7 Å². The molecule has 4 rings (SSSR count). The number of likely N-dealkylation sites (tertiary alicyclic amines) is 1. The Morgan fingerprint density at radius 3 is 2.32 bits per heavy atom. The van der Waals surface area contributed by atoms with Gasteiger partial charge < -0.3 is 24.5 Å². The molecule has 2 aliphatic rings. The van der Waals surface area contributed by atoms with Gasteiger partial charge in [-0.05, 0) is 12.1 Å². The number of piperazine rings is 1. The van der Waals surface area contributed by atoms with E-state index < -0.39 is 0 Å². The number of nitrogens with one attached hydrogen (secondary N) is 2. The van der Waals surface area contributed by atoms with E-state index in [4.69, 9.17) is 4.74 Å². The van der Waals surface area contributed by atoms with E-state index in [1.807, 2.05) is 12.1 Å². The minimum atomic E-state index is 0.151. The molecule has 0 aromatic heterocycles. The number of carbonyl (C=O) groups is 1. The van der Waals surface area contributed by atoms with Gasteiger partial charge in [-0.2, -0.15) is 0 Å². The zero-order chi connectivity index (χ0) is 21.6. The van der Waals surface area contributed by atoms with Gasteiger partial charge in [0.15, 0.2) is 11.5 Å². The lowest BCUT2D eigenvalue weighted by molar-refractivity contribution is -0.919. The molecular formula is C25H35N3O3+2. The lowest BCUT2D eigenvalue weighted by atomic mass is 9.94. The number of aromatic hydroxyl groups is 1. The van der Waals surface area contributed by atoms with Crippen LogP contribution in [0.25, 0.3) is 0 Å². The highest BCUT2D eigenvalue weighted by molar-refractivity contribution is 5.79. The zero-order valence-electron chi connectivity index (χ0n) is 18.5. The number of hydrogen-bond donors (Lipinski definition) is 3. The van der Waals surface area contributed by atoms with E-state index in [2.05, 4.69) is 35.2 Å². The lowest BCUT2D eigenvalue weighted by Gasteiger charge is -2.36. The van der Waals surface area contributed by atoms with Crippen LogP contribution in [0.3, 0.4) is 0 Å². The number of ether oxygens (including phenoxy) is 1. The van der Waals surface area contributed by atoms with Crippen molar-refractivity contribution in [2.24, 2.45) is 5.92 Å². The largest absolute Gasteiger partial charge is 0.504 e. The molecule has 6 heteroatoms. The number of methoxy groups -OCH3 is 1. The van der Waals surface area contributed by atoms with E-state index in [0.29, 0.717) is 11.7 Å². The fourth-order valence-corrected chi connectivity index (χ4v) is 4.96. The van der Waals surface area contributed by atoms with Crippen molar-refractivity contribution < 1.29 is 24.4 Å². The van der Waals surface area contributed by atoms with Crippen LogP contribution in [0.15, 0.2) is 48.5 Å². The molecule has 2 aromatic carbocycles. The Kier molecular flexibility index (Phi) is 7.10. The molecule has 0 spiro atoms. The first-order chi connectivity index (χ1) is 15.1. The van der Waals surface area contributed by atoms with Crippen molar-refractivity contribution in [3.05, 3.63) is 59.7 Å². The fraction of sp³-hybridized carbons (Fsp3) is 0.480. The minimum absolute atomic E-state index is 0.151. The monoisotopic (exact) mass is 425 g/mol. The maximum Gasteiger partial charge on any atom is 0.226 e. The Bertz CT molecular complexity index is 858. The minimum Gasteiger partial charge on any atom is -0.504 e. The summed E-state index contributed by atoms with van der Waals surface area (Å²) >= 11 is 0. The maximum absolute atomic E-state index is 13.1. The molecule has 0 radical (unpaired) electrons. The van der Waals surface area contributed by atoms with Crippen molar-refractivity contribution in [3.8, 4) is 11.5 Å². The number of rotatable bonds is 6. The molecule has 2 heterocycles. The van der Waals surface area contributed by atoms with Crippen LogP contribution in [0.5, 0.6) is 11.5 Å². The third kappa shape index (κ3) is 5.38. The highest BCUT2D eigenvalue weighted by Crippen LogP contribution is 2.28. The molecule has 0 bridgehead atoms. The van der Waals surface area contributed by atoms with Crippen LogP contribution >= 0.6 is 0 Å². The molecule has 166 valence electrons. The van der Waals surface area contributed by atoms with E-state index in [-0.39, 0.29) is 11.7 Å². The lowest BCUT2D eigenvalue weighted by Crippen LogP contribution is -3.13. The average molecular weight is 426 g/mol. The van der Waals surface area contributed by atoms with Gasteiger partial charge in [-0.1, -0.05) is 36.4 Å². The number of quaternary nitrogens is 2. The molecular weight excluding hydrogens is 390 g/mol. The molecule has 6 nitrogen and oxygen atoms in total. The smallest absolute Gasteiger partial charge is 0.226 e. The number of amides is 1. The summed E-state index contributed by atoms with van der Waals surface area (Å²) in [6.07, 6.45) is 1.85. The summed E-state index contributed by atoms with van der Waals surface area (Å²) in [6.45, 7) is 7.53. The number of hydrogen-bond acceptors (Lipinski definition) is 3. The van der Waals surface area contributed by atoms with E-state index in [1.165, 1.54) is 10.5 Å². The molecule has 2 aromatic rings. The van der Waals surface area contributed by atoms with E-state index in [1.54, 1.807) is 18.1 Å². The van der Waals surface area contributed by atoms with Crippen molar-refractivity contribution in [2.75, 3.05) is 46.4 Å². The zero-order valence-corrected chi connectivity index (χ0v) is 18.5. The molecule has 0 atom stereocenters. The molecule has 0 unspecified atom stereocenters. The second kappa shape index (κ2) is 10.2. The third-order valence-corrected chi connectivity index (χ3v) is 6.86. The van der Waals surface area contributed by atoms with E-state index in [0.717, 1.165) is 70.8 Å². The summed E-state index contributed by atoms with van der Waals surface area (Å²) in [7, 11) is 1.58. The van der Waals surface area contributed by atoms with E-state index in [9.17, 15) is 9.90 Å². The quantitative estimate of drug-likeness (QED) is 0.617. The SMILES string of the molecule is COc1cccc(C[NH+]2CCC(C(=O)N3CC[NH+](Cc4ccccc4)CC3)CC2)c1O. The van der Waals surface area contributed by atoms with Crippen LogP contribution in [0.1, 0.15) is 24.0 Å². The average Bonchev–Trinajstić information content (AvgIpc) is 2.82. The Morgan fingerprint density at radius 1 is 0.968 bits per heavy atom. The Hall–Kier alpha value is -2.57. The number of piperidine rings is 1. The van der Waals surface area contributed by atoms with Gasteiger partial charge in [-0.25, -0.2) is 0 Å². The molecule has 0 aliphatic carbocycles. The van der Waals surface area contributed by atoms with Crippen molar-refractivity contribution in [1.82, 2.24) is 4.90 Å². The van der Waals surface area contributed by atoms with Gasteiger partial charge in [0.05, 0.1) is 51.9 Å². The van der Waals surface area contributed by atoms with Gasteiger partial charge in [-0.3, -0.25) is 4.79 Å². The highest BCUT2D eigenvalue weighted by Gasteiger charge is 2.33. The molecule has 2 fully saturated rings. The van der Waals surface area contributed by atoms with Crippen molar-refractivity contribution >= 4 is 5.91 Å². The third-order valence-electron chi connectivity index (χ3n) is 6.86. The summed E-state index contributed by atoms with van der Waals surface area (Å²) in [5.41, 5.74) is 2.28. The summed E-state index contributed by atoms with van der Waals surface area (Å²) in [5, 5.41) is 10.3. The molecule has 3 N–H and O–H groups in total. The summed E-state index contributed by atoms with van der Waals surface area (Å²) < 4.78 is 5.22.